The topological polar surface area (TPSA) is 41.5 Å². The van der Waals surface area contributed by atoms with Gasteiger partial charge in [0.2, 0.25) is 0 Å². The Kier molecular flexibility index (Phi) is 6.34. The van der Waals surface area contributed by atoms with E-state index in [-0.39, 0.29) is 12.1 Å². The highest BCUT2D eigenvalue weighted by atomic mass is 16.5. The van der Waals surface area contributed by atoms with Crippen molar-refractivity contribution in [2.75, 3.05) is 26.4 Å². The Balaban J connectivity index is 3.33. The van der Waals surface area contributed by atoms with Crippen LogP contribution >= 0.6 is 0 Å². The third-order valence-electron chi connectivity index (χ3n) is 1.79. The van der Waals surface area contributed by atoms with Gasteiger partial charge >= 0.3 is 0 Å². The van der Waals surface area contributed by atoms with E-state index in [9.17, 15) is 0 Å². The second-order valence-electron chi connectivity index (χ2n) is 3.48. The molecule has 74 valence electrons. The minimum absolute atomic E-state index is 0.0197. The molecular weight excluding hydrogens is 154 g/mol. The summed E-state index contributed by atoms with van der Waals surface area (Å²) < 4.78 is 5.18. The fraction of sp³-hybridized carbons (Fsp3) is 1.00. The van der Waals surface area contributed by atoms with Crippen LogP contribution in [0.1, 0.15) is 27.2 Å². The molecule has 0 unspecified atom stereocenters. The van der Waals surface area contributed by atoms with E-state index in [4.69, 9.17) is 9.84 Å². The normalized spacial score (nSPS) is 12.0. The highest BCUT2D eigenvalue weighted by molar-refractivity contribution is 4.76. The molecule has 0 saturated carbocycles. The molecule has 0 bridgehead atoms. The minimum atomic E-state index is 0.0197. The number of aliphatic hydroxyl groups is 1. The first-order valence-electron chi connectivity index (χ1n) is 4.56. The lowest BCUT2D eigenvalue weighted by molar-refractivity contribution is 0.138. The smallest absolute Gasteiger partial charge is 0.0590 e. The van der Waals surface area contributed by atoms with Crippen molar-refractivity contribution >= 4 is 0 Å². The van der Waals surface area contributed by atoms with Crippen molar-refractivity contribution in [1.29, 1.82) is 0 Å². The molecule has 0 spiro atoms. The van der Waals surface area contributed by atoms with Gasteiger partial charge in [0.25, 0.3) is 0 Å². The maximum absolute atomic E-state index is 8.73. The lowest BCUT2D eigenvalue weighted by Crippen LogP contribution is -2.41. The fourth-order valence-electron chi connectivity index (χ4n) is 0.974. The Morgan fingerprint density at radius 3 is 2.58 bits per heavy atom. The number of rotatable bonds is 7. The van der Waals surface area contributed by atoms with Crippen LogP contribution in [0, 0.1) is 0 Å². The van der Waals surface area contributed by atoms with E-state index in [1.54, 1.807) is 0 Å². The molecular formula is C9H21NO2. The molecule has 0 aliphatic heterocycles. The van der Waals surface area contributed by atoms with Crippen LogP contribution in [0.15, 0.2) is 0 Å². The predicted octanol–water partition coefficient (Wildman–Crippen LogP) is 0.773. The number of hydrogen-bond acceptors (Lipinski definition) is 3. The summed E-state index contributed by atoms with van der Waals surface area (Å²) in [6, 6.07) is 0. The van der Waals surface area contributed by atoms with Crippen LogP contribution in [0.25, 0.3) is 0 Å². The number of nitrogens with one attached hydrogen (secondary N) is 1. The zero-order valence-corrected chi connectivity index (χ0v) is 8.39. The molecule has 3 nitrogen and oxygen atoms in total. The molecule has 0 saturated heterocycles. The molecule has 0 heterocycles. The molecule has 0 radical (unpaired) electrons. The zero-order valence-electron chi connectivity index (χ0n) is 8.39. The van der Waals surface area contributed by atoms with E-state index in [2.05, 4.69) is 19.2 Å². The first kappa shape index (κ1) is 11.9. The van der Waals surface area contributed by atoms with Gasteiger partial charge < -0.3 is 15.2 Å². The van der Waals surface area contributed by atoms with Gasteiger partial charge in [-0.15, -0.1) is 0 Å². The lowest BCUT2D eigenvalue weighted by atomic mass is 10.0. The quantitative estimate of drug-likeness (QED) is 0.562. The van der Waals surface area contributed by atoms with Crippen LogP contribution < -0.4 is 5.32 Å². The van der Waals surface area contributed by atoms with Crippen LogP contribution in [-0.4, -0.2) is 37.0 Å². The molecule has 3 heteroatoms. The van der Waals surface area contributed by atoms with E-state index in [0.717, 1.165) is 26.2 Å². The van der Waals surface area contributed by atoms with Gasteiger partial charge in [0.1, 0.15) is 0 Å². The summed E-state index contributed by atoms with van der Waals surface area (Å²) in [5.41, 5.74) is 0.0197. The van der Waals surface area contributed by atoms with Crippen molar-refractivity contribution in [3.63, 3.8) is 0 Å². The Morgan fingerprint density at radius 1 is 1.42 bits per heavy atom. The molecule has 0 fully saturated rings. The molecule has 0 aromatic heterocycles. The van der Waals surface area contributed by atoms with Crippen molar-refractivity contribution in [2.45, 2.75) is 32.7 Å². The second kappa shape index (κ2) is 6.40. The lowest BCUT2D eigenvalue weighted by Gasteiger charge is -2.25. The SMILES string of the molecule is CCOCCNC(C)(C)CCO. The highest BCUT2D eigenvalue weighted by Gasteiger charge is 2.14. The number of hydrogen-bond donors (Lipinski definition) is 2. The summed E-state index contributed by atoms with van der Waals surface area (Å²) in [5.74, 6) is 0. The highest BCUT2D eigenvalue weighted by Crippen LogP contribution is 2.05. The van der Waals surface area contributed by atoms with E-state index in [1.165, 1.54) is 0 Å². The van der Waals surface area contributed by atoms with Crippen molar-refractivity contribution in [1.82, 2.24) is 5.32 Å². The van der Waals surface area contributed by atoms with Crippen LogP contribution in [0.4, 0.5) is 0 Å². The summed E-state index contributed by atoms with van der Waals surface area (Å²) in [6.45, 7) is 8.73. The van der Waals surface area contributed by atoms with Gasteiger partial charge in [-0.1, -0.05) is 0 Å². The first-order chi connectivity index (χ1) is 5.62. The van der Waals surface area contributed by atoms with Crippen LogP contribution in [-0.2, 0) is 4.74 Å². The Labute approximate surface area is 75.1 Å². The first-order valence-corrected chi connectivity index (χ1v) is 4.56. The summed E-state index contributed by atoms with van der Waals surface area (Å²) in [4.78, 5) is 0. The van der Waals surface area contributed by atoms with Gasteiger partial charge in [-0.05, 0) is 27.2 Å². The van der Waals surface area contributed by atoms with Gasteiger partial charge in [0, 0.05) is 25.3 Å². The molecule has 0 aliphatic carbocycles. The average molecular weight is 175 g/mol. The largest absolute Gasteiger partial charge is 0.396 e. The predicted molar refractivity (Wildman–Crippen MR) is 50.3 cm³/mol. The summed E-state index contributed by atoms with van der Waals surface area (Å²) in [7, 11) is 0. The van der Waals surface area contributed by atoms with Gasteiger partial charge in [-0.25, -0.2) is 0 Å². The van der Waals surface area contributed by atoms with Gasteiger partial charge in [0.05, 0.1) is 6.61 Å². The molecule has 0 aliphatic rings. The monoisotopic (exact) mass is 175 g/mol. The molecule has 0 aromatic carbocycles. The molecule has 2 N–H and O–H groups in total. The number of aliphatic hydroxyl groups excluding tert-OH is 1. The molecule has 12 heavy (non-hydrogen) atoms. The third kappa shape index (κ3) is 6.58. The standard InChI is InChI=1S/C9H21NO2/c1-4-12-8-6-10-9(2,3)5-7-11/h10-11H,4-8H2,1-3H3. The molecule has 0 aromatic rings. The Morgan fingerprint density at radius 2 is 2.08 bits per heavy atom. The van der Waals surface area contributed by atoms with Crippen molar-refractivity contribution in [2.24, 2.45) is 0 Å². The van der Waals surface area contributed by atoms with Crippen molar-refractivity contribution < 1.29 is 9.84 Å². The van der Waals surface area contributed by atoms with Crippen molar-refractivity contribution in [3.8, 4) is 0 Å². The van der Waals surface area contributed by atoms with E-state index >= 15 is 0 Å². The van der Waals surface area contributed by atoms with E-state index in [1.807, 2.05) is 6.92 Å². The average Bonchev–Trinajstić information content (AvgIpc) is 1.98. The van der Waals surface area contributed by atoms with Crippen LogP contribution in [0.2, 0.25) is 0 Å². The fourth-order valence-corrected chi connectivity index (χ4v) is 0.974. The van der Waals surface area contributed by atoms with Gasteiger partial charge in [-0.2, -0.15) is 0 Å². The second-order valence-corrected chi connectivity index (χ2v) is 3.48. The molecule has 0 amide bonds. The van der Waals surface area contributed by atoms with Gasteiger partial charge in [-0.3, -0.25) is 0 Å². The Bertz CT molecular complexity index is 105. The van der Waals surface area contributed by atoms with E-state index in [0.29, 0.717) is 0 Å². The maximum Gasteiger partial charge on any atom is 0.0590 e. The molecule has 0 rings (SSSR count). The Hall–Kier alpha value is -0.120. The minimum Gasteiger partial charge on any atom is -0.396 e. The third-order valence-corrected chi connectivity index (χ3v) is 1.79. The zero-order chi connectivity index (χ0) is 9.45. The number of ether oxygens (including phenoxy) is 1. The van der Waals surface area contributed by atoms with Crippen LogP contribution in [0.3, 0.4) is 0 Å². The van der Waals surface area contributed by atoms with Crippen molar-refractivity contribution in [3.05, 3.63) is 0 Å². The summed E-state index contributed by atoms with van der Waals surface area (Å²) in [6.07, 6.45) is 0.777. The summed E-state index contributed by atoms with van der Waals surface area (Å²) >= 11 is 0. The maximum atomic E-state index is 8.73. The molecule has 0 atom stereocenters. The van der Waals surface area contributed by atoms with Crippen LogP contribution in [0.5, 0.6) is 0 Å². The van der Waals surface area contributed by atoms with Gasteiger partial charge in [0.15, 0.2) is 0 Å². The summed E-state index contributed by atoms with van der Waals surface area (Å²) in [5, 5.41) is 12.0. The van der Waals surface area contributed by atoms with E-state index < -0.39 is 0 Å².